The molecule has 2 N–H and O–H groups in total. The predicted molar refractivity (Wildman–Crippen MR) is 86.6 cm³/mol. The molecule has 1 aliphatic rings. The lowest BCUT2D eigenvalue weighted by atomic mass is 10.0. The van der Waals surface area contributed by atoms with Crippen LogP contribution in [0.5, 0.6) is 0 Å². The smallest absolute Gasteiger partial charge is 0.0486 e. The Morgan fingerprint density at radius 1 is 1.20 bits per heavy atom. The molecular weight excluding hydrogens is 293 g/mol. The van der Waals surface area contributed by atoms with Crippen LogP contribution in [0.25, 0.3) is 0 Å². The quantitative estimate of drug-likeness (QED) is 0.906. The van der Waals surface area contributed by atoms with Crippen molar-refractivity contribution in [2.24, 2.45) is 5.73 Å². The number of piperazine rings is 1. The Morgan fingerprint density at radius 3 is 2.45 bits per heavy atom. The molecule has 1 saturated heterocycles. The predicted octanol–water partition coefficient (Wildman–Crippen LogP) is 3.02. The fraction of sp³-hybridized carbons (Fsp3) is 0.600. The van der Waals surface area contributed by atoms with E-state index in [1.54, 1.807) is 6.07 Å². The highest BCUT2D eigenvalue weighted by atomic mass is 35.5. The number of nitrogens with zero attached hydrogens (tertiary/aromatic N) is 2. The van der Waals surface area contributed by atoms with Gasteiger partial charge >= 0.3 is 0 Å². The molecule has 5 heteroatoms. The maximum Gasteiger partial charge on any atom is 0.0486 e. The molecule has 1 fully saturated rings. The van der Waals surface area contributed by atoms with E-state index < -0.39 is 0 Å². The molecule has 0 amide bonds. The molecule has 0 aliphatic carbocycles. The molecular formula is C15H23Cl2N3. The summed E-state index contributed by atoms with van der Waals surface area (Å²) in [6, 6.07) is 5.87. The zero-order chi connectivity index (χ0) is 14.5. The molecule has 0 saturated carbocycles. The van der Waals surface area contributed by atoms with E-state index >= 15 is 0 Å². The second kappa shape index (κ2) is 7.62. The van der Waals surface area contributed by atoms with Crippen molar-refractivity contribution in [1.29, 1.82) is 0 Å². The lowest BCUT2D eigenvalue weighted by Crippen LogP contribution is -2.49. The molecule has 20 heavy (non-hydrogen) atoms. The molecule has 0 radical (unpaired) electrons. The molecule has 1 aromatic rings. The van der Waals surface area contributed by atoms with Crippen LogP contribution in [-0.4, -0.2) is 49.1 Å². The van der Waals surface area contributed by atoms with Crippen LogP contribution in [0, 0.1) is 0 Å². The monoisotopic (exact) mass is 315 g/mol. The van der Waals surface area contributed by atoms with Gasteiger partial charge in [0, 0.05) is 48.8 Å². The number of hydrogen-bond acceptors (Lipinski definition) is 3. The number of nitrogens with two attached hydrogens (primary N) is 1. The van der Waals surface area contributed by atoms with E-state index in [0.29, 0.717) is 16.6 Å². The average Bonchev–Trinajstić information content (AvgIpc) is 2.44. The van der Waals surface area contributed by atoms with Crippen LogP contribution in [0.15, 0.2) is 18.2 Å². The van der Waals surface area contributed by atoms with Gasteiger partial charge in [-0.05, 0) is 30.7 Å². The first-order valence-corrected chi connectivity index (χ1v) is 8.02. The lowest BCUT2D eigenvalue weighted by molar-refractivity contribution is 0.0986. The minimum Gasteiger partial charge on any atom is -0.329 e. The first-order valence-electron chi connectivity index (χ1n) is 7.27. The third-order valence-electron chi connectivity index (χ3n) is 3.93. The molecule has 112 valence electrons. The summed E-state index contributed by atoms with van der Waals surface area (Å²) in [4.78, 5) is 4.94. The molecule has 3 nitrogen and oxygen atoms in total. The van der Waals surface area contributed by atoms with Crippen LogP contribution >= 0.6 is 23.2 Å². The number of hydrogen-bond donors (Lipinski definition) is 1. The van der Waals surface area contributed by atoms with Crippen molar-refractivity contribution >= 4 is 23.2 Å². The molecule has 1 heterocycles. The van der Waals surface area contributed by atoms with Crippen molar-refractivity contribution in [3.05, 3.63) is 33.8 Å². The van der Waals surface area contributed by atoms with Gasteiger partial charge in [0.2, 0.25) is 0 Å². The second-order valence-corrected chi connectivity index (χ2v) is 6.14. The molecule has 1 unspecified atom stereocenters. The van der Waals surface area contributed by atoms with Crippen LogP contribution in [-0.2, 0) is 0 Å². The topological polar surface area (TPSA) is 32.5 Å². The minimum atomic E-state index is 0.184. The number of rotatable bonds is 5. The number of benzene rings is 1. The fourth-order valence-corrected chi connectivity index (χ4v) is 3.39. The van der Waals surface area contributed by atoms with Crippen LogP contribution < -0.4 is 5.73 Å². The summed E-state index contributed by atoms with van der Waals surface area (Å²) < 4.78 is 0. The summed E-state index contributed by atoms with van der Waals surface area (Å²) in [5, 5.41) is 1.38. The van der Waals surface area contributed by atoms with Crippen molar-refractivity contribution in [2.75, 3.05) is 39.3 Å². The van der Waals surface area contributed by atoms with Crippen molar-refractivity contribution in [3.8, 4) is 0 Å². The van der Waals surface area contributed by atoms with E-state index in [-0.39, 0.29) is 6.04 Å². The Bertz CT molecular complexity index is 431. The molecule has 1 aromatic carbocycles. The van der Waals surface area contributed by atoms with E-state index in [1.807, 2.05) is 12.1 Å². The zero-order valence-corrected chi connectivity index (χ0v) is 13.5. The van der Waals surface area contributed by atoms with E-state index in [1.165, 1.54) is 13.0 Å². The zero-order valence-electron chi connectivity index (χ0n) is 12.0. The second-order valence-electron chi connectivity index (χ2n) is 5.29. The normalized spacial score (nSPS) is 19.2. The average molecular weight is 316 g/mol. The van der Waals surface area contributed by atoms with E-state index in [4.69, 9.17) is 28.9 Å². The summed E-state index contributed by atoms with van der Waals surface area (Å²) in [5.41, 5.74) is 7.07. The molecule has 0 bridgehead atoms. The highest BCUT2D eigenvalue weighted by Gasteiger charge is 2.25. The summed E-state index contributed by atoms with van der Waals surface area (Å²) in [5.74, 6) is 0. The van der Waals surface area contributed by atoms with Gasteiger partial charge in [0.05, 0.1) is 0 Å². The van der Waals surface area contributed by atoms with Crippen LogP contribution in [0.2, 0.25) is 10.0 Å². The van der Waals surface area contributed by atoms with Gasteiger partial charge in [-0.3, -0.25) is 4.90 Å². The Morgan fingerprint density at radius 2 is 1.90 bits per heavy atom. The van der Waals surface area contributed by atoms with Gasteiger partial charge in [0.1, 0.15) is 0 Å². The third-order valence-corrected chi connectivity index (χ3v) is 4.49. The molecule has 1 aliphatic heterocycles. The van der Waals surface area contributed by atoms with Gasteiger partial charge in [-0.25, -0.2) is 0 Å². The van der Waals surface area contributed by atoms with Crippen molar-refractivity contribution < 1.29 is 0 Å². The van der Waals surface area contributed by atoms with E-state index in [2.05, 4.69) is 16.7 Å². The molecule has 0 spiro atoms. The summed E-state index contributed by atoms with van der Waals surface area (Å²) >= 11 is 12.3. The van der Waals surface area contributed by atoms with Crippen molar-refractivity contribution in [1.82, 2.24) is 9.80 Å². The Balaban J connectivity index is 2.05. The summed E-state index contributed by atoms with van der Waals surface area (Å²) in [6.07, 6.45) is 1.21. The minimum absolute atomic E-state index is 0.184. The van der Waals surface area contributed by atoms with E-state index in [0.717, 1.165) is 31.7 Å². The van der Waals surface area contributed by atoms with Gasteiger partial charge in [-0.1, -0.05) is 36.2 Å². The van der Waals surface area contributed by atoms with Gasteiger partial charge < -0.3 is 10.6 Å². The van der Waals surface area contributed by atoms with Crippen molar-refractivity contribution in [2.45, 2.75) is 19.4 Å². The van der Waals surface area contributed by atoms with Gasteiger partial charge in [0.25, 0.3) is 0 Å². The summed E-state index contributed by atoms with van der Waals surface area (Å²) in [7, 11) is 0. The first-order chi connectivity index (χ1) is 9.65. The lowest BCUT2D eigenvalue weighted by Gasteiger charge is -2.39. The highest BCUT2D eigenvalue weighted by molar-refractivity contribution is 6.35. The van der Waals surface area contributed by atoms with Crippen LogP contribution in [0.3, 0.4) is 0 Å². The highest BCUT2D eigenvalue weighted by Crippen LogP contribution is 2.30. The fourth-order valence-electron chi connectivity index (χ4n) is 2.86. The van der Waals surface area contributed by atoms with Gasteiger partial charge in [-0.2, -0.15) is 0 Å². The number of halogens is 2. The third kappa shape index (κ3) is 3.86. The van der Waals surface area contributed by atoms with Gasteiger partial charge in [0.15, 0.2) is 0 Å². The largest absolute Gasteiger partial charge is 0.329 e. The molecule has 0 aromatic heterocycles. The van der Waals surface area contributed by atoms with E-state index in [9.17, 15) is 0 Å². The Hall–Kier alpha value is -0.320. The Labute approximate surface area is 131 Å². The first kappa shape index (κ1) is 16.1. The maximum atomic E-state index is 6.32. The Kier molecular flexibility index (Phi) is 6.12. The van der Waals surface area contributed by atoms with Gasteiger partial charge in [-0.15, -0.1) is 0 Å². The standard InChI is InChI=1S/C15H23Cl2N3/c1-2-5-19-6-8-20(9-7-19)15(11-18)13-4-3-12(16)10-14(13)17/h3-4,10,15H,2,5-9,11,18H2,1H3. The molecule has 1 atom stereocenters. The van der Waals surface area contributed by atoms with Crippen LogP contribution in [0.1, 0.15) is 24.9 Å². The summed E-state index contributed by atoms with van der Waals surface area (Å²) in [6.45, 7) is 8.28. The molecule has 2 rings (SSSR count). The van der Waals surface area contributed by atoms with Crippen molar-refractivity contribution in [3.63, 3.8) is 0 Å². The SMILES string of the molecule is CCCN1CCN(C(CN)c2ccc(Cl)cc2Cl)CC1. The maximum absolute atomic E-state index is 6.32. The van der Waals surface area contributed by atoms with Crippen LogP contribution in [0.4, 0.5) is 0 Å².